The molecule has 1 aromatic heterocycles. The summed E-state index contributed by atoms with van der Waals surface area (Å²) in [4.78, 5) is 0. The molecule has 0 saturated carbocycles. The average Bonchev–Trinajstić information content (AvgIpc) is 2.49. The summed E-state index contributed by atoms with van der Waals surface area (Å²) in [7, 11) is 1.58. The highest BCUT2D eigenvalue weighted by molar-refractivity contribution is 8.13. The Bertz CT molecular complexity index is 561. The van der Waals surface area contributed by atoms with Crippen molar-refractivity contribution in [2.45, 2.75) is 5.75 Å². The minimum absolute atomic E-state index is 0.249. The maximum absolute atomic E-state index is 10.9. The van der Waals surface area contributed by atoms with Gasteiger partial charge in [0.25, 0.3) is 0 Å². The van der Waals surface area contributed by atoms with E-state index in [-0.39, 0.29) is 5.75 Å². The van der Waals surface area contributed by atoms with Crippen molar-refractivity contribution in [1.29, 1.82) is 0 Å². The molecule has 14 heavy (non-hydrogen) atoms. The molecule has 2 aromatic rings. The van der Waals surface area contributed by atoms with Crippen molar-refractivity contribution < 1.29 is 12.9 Å². The molecule has 0 saturated heterocycles. The topological polar surface area (TPSA) is 60.2 Å². The van der Waals surface area contributed by atoms with Gasteiger partial charge < -0.3 is 4.52 Å². The fourth-order valence-corrected chi connectivity index (χ4v) is 2.20. The lowest BCUT2D eigenvalue weighted by molar-refractivity contribution is 0.454. The van der Waals surface area contributed by atoms with Crippen LogP contribution in [0.1, 0.15) is 5.56 Å². The first-order valence-electron chi connectivity index (χ1n) is 3.81. The monoisotopic (exact) mass is 231 g/mol. The fourth-order valence-electron chi connectivity index (χ4n) is 1.25. The molecule has 0 bridgehead atoms. The highest BCUT2D eigenvalue weighted by Gasteiger charge is 2.12. The number of hydrogen-bond acceptors (Lipinski definition) is 4. The van der Waals surface area contributed by atoms with Gasteiger partial charge in [0.1, 0.15) is 0 Å². The van der Waals surface area contributed by atoms with Gasteiger partial charge in [-0.25, -0.2) is 8.42 Å². The predicted molar refractivity (Wildman–Crippen MR) is 52.5 cm³/mol. The SMILES string of the molecule is O=S(=O)(Cl)Cc1cccc2cnoc12. The predicted octanol–water partition coefficient (Wildman–Crippen LogP) is 1.90. The third-order valence-electron chi connectivity index (χ3n) is 1.79. The molecule has 0 aliphatic heterocycles. The lowest BCUT2D eigenvalue weighted by Crippen LogP contribution is -1.94. The van der Waals surface area contributed by atoms with Crippen molar-refractivity contribution in [3.05, 3.63) is 30.0 Å². The quantitative estimate of drug-likeness (QED) is 0.741. The second-order valence-corrected chi connectivity index (χ2v) is 5.62. The second-order valence-electron chi connectivity index (χ2n) is 2.84. The molecule has 0 radical (unpaired) electrons. The van der Waals surface area contributed by atoms with Gasteiger partial charge in [-0.1, -0.05) is 17.3 Å². The first-order valence-corrected chi connectivity index (χ1v) is 6.29. The maximum Gasteiger partial charge on any atom is 0.236 e. The van der Waals surface area contributed by atoms with Gasteiger partial charge in [0.15, 0.2) is 5.58 Å². The molecule has 0 aliphatic carbocycles. The zero-order chi connectivity index (χ0) is 10.2. The summed E-state index contributed by atoms with van der Waals surface area (Å²) in [6.45, 7) is 0. The number of nitrogens with zero attached hydrogens (tertiary/aromatic N) is 1. The maximum atomic E-state index is 10.9. The Morgan fingerprint density at radius 3 is 2.93 bits per heavy atom. The van der Waals surface area contributed by atoms with Crippen molar-refractivity contribution in [2.24, 2.45) is 0 Å². The van der Waals surface area contributed by atoms with Crippen LogP contribution in [0.5, 0.6) is 0 Å². The van der Waals surface area contributed by atoms with E-state index in [9.17, 15) is 8.42 Å². The van der Waals surface area contributed by atoms with Crippen molar-refractivity contribution in [3.63, 3.8) is 0 Å². The van der Waals surface area contributed by atoms with E-state index >= 15 is 0 Å². The van der Waals surface area contributed by atoms with Crippen LogP contribution in [0.15, 0.2) is 28.9 Å². The number of aromatic nitrogens is 1. The number of fused-ring (bicyclic) bond motifs is 1. The van der Waals surface area contributed by atoms with Crippen LogP contribution in [0.25, 0.3) is 11.0 Å². The van der Waals surface area contributed by atoms with E-state index in [1.807, 2.05) is 0 Å². The zero-order valence-corrected chi connectivity index (χ0v) is 8.55. The molecule has 0 aliphatic rings. The third-order valence-corrected chi connectivity index (χ3v) is 2.77. The van der Waals surface area contributed by atoms with Crippen LogP contribution in [-0.2, 0) is 14.8 Å². The highest BCUT2D eigenvalue weighted by Crippen LogP contribution is 2.21. The number of rotatable bonds is 2. The Hall–Kier alpha value is -1.07. The van der Waals surface area contributed by atoms with Gasteiger partial charge in [0.2, 0.25) is 9.05 Å². The van der Waals surface area contributed by atoms with Crippen LogP contribution in [-0.4, -0.2) is 13.6 Å². The van der Waals surface area contributed by atoms with E-state index in [1.54, 1.807) is 18.2 Å². The fraction of sp³-hybridized carbons (Fsp3) is 0.125. The largest absolute Gasteiger partial charge is 0.356 e. The number of hydrogen-bond donors (Lipinski definition) is 0. The summed E-state index contributed by atoms with van der Waals surface area (Å²) in [6.07, 6.45) is 1.53. The van der Waals surface area contributed by atoms with Gasteiger partial charge in [-0.15, -0.1) is 0 Å². The Morgan fingerprint density at radius 1 is 1.43 bits per heavy atom. The van der Waals surface area contributed by atoms with E-state index in [4.69, 9.17) is 15.2 Å². The Morgan fingerprint density at radius 2 is 2.21 bits per heavy atom. The molecule has 0 N–H and O–H groups in total. The van der Waals surface area contributed by atoms with Crippen LogP contribution in [0, 0.1) is 0 Å². The molecule has 2 rings (SSSR count). The van der Waals surface area contributed by atoms with Crippen molar-refractivity contribution >= 4 is 30.7 Å². The number of para-hydroxylation sites is 1. The van der Waals surface area contributed by atoms with Crippen LogP contribution in [0.2, 0.25) is 0 Å². The summed E-state index contributed by atoms with van der Waals surface area (Å²) in [6, 6.07) is 5.17. The molecule has 0 amide bonds. The summed E-state index contributed by atoms with van der Waals surface area (Å²) in [5, 5.41) is 4.35. The summed E-state index contributed by atoms with van der Waals surface area (Å²) in [5.41, 5.74) is 0.992. The number of halogens is 1. The average molecular weight is 232 g/mol. The van der Waals surface area contributed by atoms with Gasteiger partial charge in [0.05, 0.1) is 11.9 Å². The standard InChI is InChI=1S/C8H6ClNO3S/c9-14(11,12)5-7-3-1-2-6-4-10-13-8(6)7/h1-4H,5H2. The molecule has 1 aromatic carbocycles. The van der Waals surface area contributed by atoms with E-state index in [2.05, 4.69) is 5.16 Å². The lowest BCUT2D eigenvalue weighted by atomic mass is 10.2. The van der Waals surface area contributed by atoms with E-state index in [0.29, 0.717) is 11.1 Å². The molecular weight excluding hydrogens is 226 g/mol. The molecule has 0 fully saturated rings. The first-order chi connectivity index (χ1) is 6.56. The molecule has 0 spiro atoms. The van der Waals surface area contributed by atoms with Crippen molar-refractivity contribution in [2.75, 3.05) is 0 Å². The molecule has 1 heterocycles. The lowest BCUT2D eigenvalue weighted by Gasteiger charge is -1.97. The molecule has 0 atom stereocenters. The Labute approximate surface area is 84.9 Å². The summed E-state index contributed by atoms with van der Waals surface area (Å²) >= 11 is 0. The minimum Gasteiger partial charge on any atom is -0.356 e. The third kappa shape index (κ3) is 1.88. The second kappa shape index (κ2) is 3.25. The van der Waals surface area contributed by atoms with Gasteiger partial charge in [0, 0.05) is 21.6 Å². The highest BCUT2D eigenvalue weighted by atomic mass is 35.7. The molecule has 6 heteroatoms. The van der Waals surface area contributed by atoms with Crippen LogP contribution in [0.3, 0.4) is 0 Å². The summed E-state index contributed by atoms with van der Waals surface area (Å²) in [5.74, 6) is -0.249. The van der Waals surface area contributed by atoms with E-state index < -0.39 is 9.05 Å². The van der Waals surface area contributed by atoms with Gasteiger partial charge in [-0.05, 0) is 6.07 Å². The van der Waals surface area contributed by atoms with E-state index in [0.717, 1.165) is 5.39 Å². The first kappa shape index (κ1) is 9.48. The minimum atomic E-state index is -3.56. The van der Waals surface area contributed by atoms with Gasteiger partial charge in [-0.2, -0.15) is 0 Å². The smallest absolute Gasteiger partial charge is 0.236 e. The Balaban J connectivity index is 2.57. The molecular formula is C8H6ClNO3S. The Kier molecular flexibility index (Phi) is 2.20. The van der Waals surface area contributed by atoms with Gasteiger partial charge in [-0.3, -0.25) is 0 Å². The van der Waals surface area contributed by atoms with Gasteiger partial charge >= 0.3 is 0 Å². The van der Waals surface area contributed by atoms with Crippen LogP contribution >= 0.6 is 10.7 Å². The van der Waals surface area contributed by atoms with Crippen LogP contribution < -0.4 is 0 Å². The normalized spacial score (nSPS) is 12.1. The number of benzene rings is 1. The van der Waals surface area contributed by atoms with Crippen molar-refractivity contribution in [3.8, 4) is 0 Å². The summed E-state index contributed by atoms with van der Waals surface area (Å²) < 4.78 is 26.7. The molecule has 74 valence electrons. The van der Waals surface area contributed by atoms with Crippen molar-refractivity contribution in [1.82, 2.24) is 5.16 Å². The zero-order valence-electron chi connectivity index (χ0n) is 6.97. The molecule has 0 unspecified atom stereocenters. The van der Waals surface area contributed by atoms with Crippen LogP contribution in [0.4, 0.5) is 0 Å². The van der Waals surface area contributed by atoms with E-state index in [1.165, 1.54) is 6.20 Å². The molecule has 4 nitrogen and oxygen atoms in total.